The summed E-state index contributed by atoms with van der Waals surface area (Å²) >= 11 is 0. The zero-order chi connectivity index (χ0) is 21.6. The third kappa shape index (κ3) is 4.97. The van der Waals surface area contributed by atoms with Crippen LogP contribution in [0.4, 0.5) is 0 Å². The van der Waals surface area contributed by atoms with Crippen molar-refractivity contribution in [2.24, 2.45) is 0 Å². The van der Waals surface area contributed by atoms with E-state index in [-0.39, 0.29) is 5.91 Å². The number of rotatable bonds is 6. The number of carbonyl (C=O) groups is 1. The van der Waals surface area contributed by atoms with Crippen molar-refractivity contribution >= 4 is 5.91 Å². The molecule has 6 heteroatoms. The molecule has 1 amide bonds. The van der Waals surface area contributed by atoms with Crippen molar-refractivity contribution in [3.8, 4) is 16.9 Å². The molecule has 162 valence electrons. The molecule has 31 heavy (non-hydrogen) atoms. The number of nitrogens with one attached hydrogen (secondary N) is 1. The van der Waals surface area contributed by atoms with Crippen molar-refractivity contribution in [1.29, 1.82) is 0 Å². The highest BCUT2D eigenvalue weighted by molar-refractivity contribution is 5.93. The van der Waals surface area contributed by atoms with Crippen LogP contribution in [-0.2, 0) is 6.54 Å². The highest BCUT2D eigenvalue weighted by Crippen LogP contribution is 2.30. The summed E-state index contributed by atoms with van der Waals surface area (Å²) in [6.45, 7) is 3.01. The van der Waals surface area contributed by atoms with Gasteiger partial charge in [0.2, 0.25) is 0 Å². The lowest BCUT2D eigenvalue weighted by Gasteiger charge is -2.21. The fourth-order valence-electron chi connectivity index (χ4n) is 4.34. The standard InChI is InChI=1S/C25H30N4O2/c1-26-25(30)21-16-27-29(18-21)22-9-6-13-28(14-12-22)17-19-7-5-8-20(15-19)23-10-3-4-11-24(23)31-2/h3-5,7-8,10-11,15-16,18,22H,6,9,12-14,17H2,1-2H3,(H,26,30). The van der Waals surface area contributed by atoms with Crippen LogP contribution in [0.25, 0.3) is 11.1 Å². The fraction of sp³-hybridized carbons (Fsp3) is 0.360. The Bertz CT molecular complexity index is 1030. The average molecular weight is 419 g/mol. The number of likely N-dealkylation sites (tertiary alicyclic amines) is 1. The molecule has 2 aromatic carbocycles. The largest absolute Gasteiger partial charge is 0.496 e. The molecular formula is C25H30N4O2. The van der Waals surface area contributed by atoms with E-state index in [4.69, 9.17) is 4.74 Å². The summed E-state index contributed by atoms with van der Waals surface area (Å²) in [4.78, 5) is 14.3. The number of nitrogens with zero attached hydrogens (tertiary/aromatic N) is 3. The van der Waals surface area contributed by atoms with Crippen LogP contribution in [0.15, 0.2) is 60.9 Å². The lowest BCUT2D eigenvalue weighted by atomic mass is 10.0. The molecule has 1 aromatic heterocycles. The Balaban J connectivity index is 1.42. The predicted molar refractivity (Wildman–Crippen MR) is 122 cm³/mol. The Hall–Kier alpha value is -3.12. The van der Waals surface area contributed by atoms with E-state index in [1.54, 1.807) is 20.4 Å². The van der Waals surface area contributed by atoms with Crippen LogP contribution in [0.2, 0.25) is 0 Å². The third-order valence-electron chi connectivity index (χ3n) is 6.01. The van der Waals surface area contributed by atoms with Crippen molar-refractivity contribution in [3.63, 3.8) is 0 Å². The van der Waals surface area contributed by atoms with Crippen molar-refractivity contribution < 1.29 is 9.53 Å². The second kappa shape index (κ2) is 9.79. The van der Waals surface area contributed by atoms with Gasteiger partial charge in [0, 0.05) is 31.9 Å². The molecule has 1 saturated heterocycles. The van der Waals surface area contributed by atoms with Crippen LogP contribution in [0, 0.1) is 0 Å². The maximum absolute atomic E-state index is 11.8. The van der Waals surface area contributed by atoms with Gasteiger partial charge in [-0.1, -0.05) is 36.4 Å². The first-order valence-electron chi connectivity index (χ1n) is 10.9. The van der Waals surface area contributed by atoms with Crippen molar-refractivity contribution in [1.82, 2.24) is 20.0 Å². The second-order valence-electron chi connectivity index (χ2n) is 8.05. The number of carbonyl (C=O) groups excluding carboxylic acids is 1. The maximum Gasteiger partial charge on any atom is 0.254 e. The van der Waals surface area contributed by atoms with Crippen molar-refractivity contribution in [2.45, 2.75) is 31.8 Å². The zero-order valence-corrected chi connectivity index (χ0v) is 18.3. The quantitative estimate of drug-likeness (QED) is 0.653. The summed E-state index contributed by atoms with van der Waals surface area (Å²) in [6, 6.07) is 17.2. The molecular weight excluding hydrogens is 388 g/mol. The molecule has 6 nitrogen and oxygen atoms in total. The van der Waals surface area contributed by atoms with Crippen LogP contribution in [0.1, 0.15) is 41.2 Å². The number of ether oxygens (including phenoxy) is 1. The number of hydrogen-bond donors (Lipinski definition) is 1. The van der Waals surface area contributed by atoms with Crippen LogP contribution in [-0.4, -0.2) is 47.8 Å². The van der Waals surface area contributed by atoms with E-state index >= 15 is 0 Å². The van der Waals surface area contributed by atoms with Gasteiger partial charge in [0.05, 0.1) is 24.9 Å². The van der Waals surface area contributed by atoms with E-state index in [0.29, 0.717) is 11.6 Å². The summed E-state index contributed by atoms with van der Waals surface area (Å²) in [5.74, 6) is 0.809. The number of aromatic nitrogens is 2. The lowest BCUT2D eigenvalue weighted by molar-refractivity contribution is 0.0963. The zero-order valence-electron chi connectivity index (χ0n) is 18.3. The number of amides is 1. The van der Waals surface area contributed by atoms with Crippen LogP contribution in [0.3, 0.4) is 0 Å². The minimum Gasteiger partial charge on any atom is -0.496 e. The number of hydrogen-bond acceptors (Lipinski definition) is 4. The molecule has 1 fully saturated rings. The topological polar surface area (TPSA) is 59.4 Å². The monoisotopic (exact) mass is 418 g/mol. The Morgan fingerprint density at radius 3 is 2.87 bits per heavy atom. The van der Waals surface area contributed by atoms with E-state index < -0.39 is 0 Å². The van der Waals surface area contributed by atoms with Gasteiger partial charge in [-0.15, -0.1) is 0 Å². The highest BCUT2D eigenvalue weighted by Gasteiger charge is 2.20. The molecule has 1 aliphatic rings. The second-order valence-corrected chi connectivity index (χ2v) is 8.05. The van der Waals surface area contributed by atoms with E-state index in [9.17, 15) is 4.79 Å². The molecule has 3 aromatic rings. The van der Waals surface area contributed by atoms with Gasteiger partial charge < -0.3 is 10.1 Å². The fourth-order valence-corrected chi connectivity index (χ4v) is 4.34. The first kappa shape index (κ1) is 21.1. The molecule has 0 aliphatic carbocycles. The van der Waals surface area contributed by atoms with E-state index in [1.165, 1.54) is 11.1 Å². The first-order chi connectivity index (χ1) is 15.2. The van der Waals surface area contributed by atoms with Crippen molar-refractivity contribution in [3.05, 3.63) is 72.1 Å². The lowest BCUT2D eigenvalue weighted by Crippen LogP contribution is -2.24. The molecule has 4 rings (SSSR count). The average Bonchev–Trinajstić information content (AvgIpc) is 3.19. The Kier molecular flexibility index (Phi) is 6.67. The van der Waals surface area contributed by atoms with Crippen LogP contribution in [0.5, 0.6) is 5.75 Å². The molecule has 0 radical (unpaired) electrons. The number of methoxy groups -OCH3 is 1. The molecule has 1 unspecified atom stereocenters. The number of para-hydroxylation sites is 1. The van der Waals surface area contributed by atoms with Gasteiger partial charge in [0.15, 0.2) is 0 Å². The molecule has 1 atom stereocenters. The van der Waals surface area contributed by atoms with Crippen LogP contribution >= 0.6 is 0 Å². The first-order valence-corrected chi connectivity index (χ1v) is 10.9. The van der Waals surface area contributed by atoms with Crippen molar-refractivity contribution in [2.75, 3.05) is 27.2 Å². The minimum absolute atomic E-state index is 0.0866. The molecule has 0 spiro atoms. The smallest absolute Gasteiger partial charge is 0.254 e. The maximum atomic E-state index is 11.8. The summed E-state index contributed by atoms with van der Waals surface area (Å²) in [5.41, 5.74) is 4.23. The normalized spacial score (nSPS) is 17.2. The van der Waals surface area contributed by atoms with E-state index in [1.807, 2.05) is 29.1 Å². The molecule has 1 aliphatic heterocycles. The minimum atomic E-state index is -0.0866. The van der Waals surface area contributed by atoms with Gasteiger partial charge in [-0.25, -0.2) is 0 Å². The Morgan fingerprint density at radius 2 is 2.03 bits per heavy atom. The third-order valence-corrected chi connectivity index (χ3v) is 6.01. The van der Waals surface area contributed by atoms with Gasteiger partial charge in [-0.3, -0.25) is 14.4 Å². The van der Waals surface area contributed by atoms with Gasteiger partial charge in [0.25, 0.3) is 5.91 Å². The Morgan fingerprint density at radius 1 is 1.16 bits per heavy atom. The van der Waals surface area contributed by atoms with Gasteiger partial charge >= 0.3 is 0 Å². The highest BCUT2D eigenvalue weighted by atomic mass is 16.5. The Labute approximate surface area is 183 Å². The summed E-state index contributed by atoms with van der Waals surface area (Å²) < 4.78 is 7.51. The van der Waals surface area contributed by atoms with Gasteiger partial charge in [0.1, 0.15) is 5.75 Å². The van der Waals surface area contributed by atoms with Gasteiger partial charge in [-0.2, -0.15) is 5.10 Å². The van der Waals surface area contributed by atoms with Gasteiger partial charge in [-0.05, 0) is 49.1 Å². The van der Waals surface area contributed by atoms with Crippen LogP contribution < -0.4 is 10.1 Å². The van der Waals surface area contributed by atoms with E-state index in [2.05, 4.69) is 45.6 Å². The summed E-state index contributed by atoms with van der Waals surface area (Å²) in [5, 5.41) is 7.11. The number of benzene rings is 2. The van der Waals surface area contributed by atoms with E-state index in [0.717, 1.165) is 50.2 Å². The molecule has 2 heterocycles. The summed E-state index contributed by atoms with van der Waals surface area (Å²) in [6.07, 6.45) is 6.75. The molecule has 1 N–H and O–H groups in total. The molecule has 0 saturated carbocycles. The SMILES string of the molecule is CNC(=O)c1cnn(C2CCCN(Cc3cccc(-c4ccccc4OC)c3)CC2)c1. The predicted octanol–water partition coefficient (Wildman–Crippen LogP) is 4.15. The molecule has 0 bridgehead atoms. The summed E-state index contributed by atoms with van der Waals surface area (Å²) in [7, 11) is 3.36.